The van der Waals surface area contributed by atoms with Crippen LogP contribution >= 0.6 is 0 Å². The summed E-state index contributed by atoms with van der Waals surface area (Å²) in [6, 6.07) is -0.569. The molecular formula is C12H14N4O4. The molecule has 0 amide bonds. The first kappa shape index (κ1) is 12.6. The highest BCUT2D eigenvalue weighted by Gasteiger charge is 2.35. The topological polar surface area (TPSA) is 88.1 Å². The Labute approximate surface area is 113 Å². The minimum atomic E-state index is -0.569. The van der Waals surface area contributed by atoms with Gasteiger partial charge in [-0.3, -0.25) is 13.9 Å². The van der Waals surface area contributed by atoms with Crippen LogP contribution in [0.3, 0.4) is 0 Å². The molecule has 8 nitrogen and oxygen atoms in total. The quantitative estimate of drug-likeness (QED) is 0.644. The second-order valence-corrected chi connectivity index (χ2v) is 5.03. The maximum atomic E-state index is 12.3. The van der Waals surface area contributed by atoms with E-state index in [4.69, 9.17) is 4.74 Å². The van der Waals surface area contributed by atoms with E-state index in [2.05, 4.69) is 4.98 Å². The molecule has 0 aliphatic carbocycles. The molecule has 1 fully saturated rings. The van der Waals surface area contributed by atoms with Crippen LogP contribution in [0.25, 0.3) is 11.2 Å². The van der Waals surface area contributed by atoms with Gasteiger partial charge in [-0.1, -0.05) is 0 Å². The summed E-state index contributed by atoms with van der Waals surface area (Å²) in [5.74, 6) is -0.382. The maximum Gasteiger partial charge on any atom is 0.332 e. The molecule has 3 heterocycles. The second kappa shape index (κ2) is 4.06. The third kappa shape index (κ3) is 1.54. The van der Waals surface area contributed by atoms with Gasteiger partial charge in [-0.2, -0.15) is 0 Å². The average Bonchev–Trinajstić information content (AvgIpc) is 2.97. The van der Waals surface area contributed by atoms with Crippen molar-refractivity contribution in [2.75, 3.05) is 0 Å². The molecule has 1 aliphatic rings. The van der Waals surface area contributed by atoms with E-state index in [9.17, 15) is 14.4 Å². The van der Waals surface area contributed by atoms with Crippen LogP contribution in [0.1, 0.15) is 19.4 Å². The minimum absolute atomic E-state index is 0.193. The lowest BCUT2D eigenvalue weighted by Gasteiger charge is -2.09. The molecule has 2 aromatic rings. The molecule has 0 saturated carbocycles. The van der Waals surface area contributed by atoms with Crippen molar-refractivity contribution in [3.63, 3.8) is 0 Å². The summed E-state index contributed by atoms with van der Waals surface area (Å²) in [5, 5.41) is 0. The van der Waals surface area contributed by atoms with Crippen molar-refractivity contribution in [2.24, 2.45) is 14.1 Å². The van der Waals surface area contributed by atoms with Gasteiger partial charge in [0.25, 0.3) is 5.56 Å². The molecule has 2 aromatic heterocycles. The summed E-state index contributed by atoms with van der Waals surface area (Å²) in [7, 11) is 2.94. The van der Waals surface area contributed by atoms with Crippen LogP contribution in [0.5, 0.6) is 0 Å². The summed E-state index contributed by atoms with van der Waals surface area (Å²) in [6.45, 7) is 1.80. The van der Waals surface area contributed by atoms with E-state index >= 15 is 0 Å². The van der Waals surface area contributed by atoms with E-state index in [0.717, 1.165) is 4.57 Å². The van der Waals surface area contributed by atoms with Gasteiger partial charge in [-0.25, -0.2) is 14.6 Å². The number of hydrogen-bond donors (Lipinski definition) is 0. The number of esters is 1. The van der Waals surface area contributed by atoms with Crippen molar-refractivity contribution in [3.05, 3.63) is 27.2 Å². The van der Waals surface area contributed by atoms with Crippen LogP contribution in [0, 0.1) is 0 Å². The van der Waals surface area contributed by atoms with Crippen LogP contribution in [0.4, 0.5) is 0 Å². The van der Waals surface area contributed by atoms with Gasteiger partial charge in [0.1, 0.15) is 12.1 Å². The van der Waals surface area contributed by atoms with E-state index in [1.807, 2.05) is 0 Å². The van der Waals surface area contributed by atoms with Gasteiger partial charge in [-0.05, 0) is 6.92 Å². The summed E-state index contributed by atoms with van der Waals surface area (Å²) in [5.41, 5.74) is -0.404. The van der Waals surface area contributed by atoms with Crippen LogP contribution in [0.15, 0.2) is 15.9 Å². The first-order chi connectivity index (χ1) is 9.41. The minimum Gasteiger partial charge on any atom is -0.461 e. The molecule has 106 valence electrons. The predicted octanol–water partition coefficient (Wildman–Crippen LogP) is -0.690. The summed E-state index contributed by atoms with van der Waals surface area (Å²) in [4.78, 5) is 40.0. The van der Waals surface area contributed by atoms with E-state index in [1.54, 1.807) is 6.92 Å². The zero-order chi connectivity index (χ0) is 14.6. The number of carbonyl (C=O) groups is 1. The Balaban J connectivity index is 2.32. The SMILES string of the molecule is C[C@@H]1C[C@@H](n2cnc3c2c(=O)n(C)c(=O)n3C)C(=O)O1. The predicted molar refractivity (Wildman–Crippen MR) is 69.4 cm³/mol. The third-order valence-electron chi connectivity index (χ3n) is 3.65. The number of nitrogens with zero attached hydrogens (tertiary/aromatic N) is 4. The molecule has 3 rings (SSSR count). The Kier molecular flexibility index (Phi) is 2.56. The number of ether oxygens (including phenoxy) is 1. The largest absolute Gasteiger partial charge is 0.461 e. The molecule has 20 heavy (non-hydrogen) atoms. The molecule has 0 spiro atoms. The highest BCUT2D eigenvalue weighted by Crippen LogP contribution is 2.27. The Hall–Kier alpha value is -2.38. The van der Waals surface area contributed by atoms with Gasteiger partial charge in [0.05, 0.1) is 6.33 Å². The first-order valence-electron chi connectivity index (χ1n) is 6.25. The van der Waals surface area contributed by atoms with Gasteiger partial charge in [0.2, 0.25) is 0 Å². The Morgan fingerprint density at radius 3 is 2.55 bits per heavy atom. The normalized spacial score (nSPS) is 22.4. The van der Waals surface area contributed by atoms with Crippen LogP contribution in [0.2, 0.25) is 0 Å². The summed E-state index contributed by atoms with van der Waals surface area (Å²) >= 11 is 0. The lowest BCUT2D eigenvalue weighted by molar-refractivity contribution is -0.143. The average molecular weight is 278 g/mol. The van der Waals surface area contributed by atoms with E-state index < -0.39 is 17.3 Å². The fourth-order valence-electron chi connectivity index (χ4n) is 2.56. The van der Waals surface area contributed by atoms with Crippen molar-refractivity contribution in [2.45, 2.75) is 25.5 Å². The molecule has 1 saturated heterocycles. The van der Waals surface area contributed by atoms with E-state index in [0.29, 0.717) is 6.42 Å². The second-order valence-electron chi connectivity index (χ2n) is 5.03. The zero-order valence-corrected chi connectivity index (χ0v) is 11.4. The lowest BCUT2D eigenvalue weighted by atomic mass is 10.2. The number of imidazole rings is 1. The van der Waals surface area contributed by atoms with Gasteiger partial charge < -0.3 is 9.30 Å². The molecule has 0 unspecified atom stereocenters. The van der Waals surface area contributed by atoms with Crippen molar-refractivity contribution in [1.29, 1.82) is 0 Å². The zero-order valence-electron chi connectivity index (χ0n) is 11.4. The van der Waals surface area contributed by atoms with Crippen molar-refractivity contribution < 1.29 is 9.53 Å². The molecule has 0 bridgehead atoms. The van der Waals surface area contributed by atoms with E-state index in [-0.39, 0.29) is 23.2 Å². The van der Waals surface area contributed by atoms with Gasteiger partial charge in [0, 0.05) is 20.5 Å². The van der Waals surface area contributed by atoms with Gasteiger partial charge in [-0.15, -0.1) is 0 Å². The first-order valence-corrected chi connectivity index (χ1v) is 6.25. The molecule has 0 N–H and O–H groups in total. The van der Waals surface area contributed by atoms with Crippen molar-refractivity contribution in [1.82, 2.24) is 18.7 Å². The fourth-order valence-corrected chi connectivity index (χ4v) is 2.56. The highest BCUT2D eigenvalue weighted by molar-refractivity contribution is 5.80. The smallest absolute Gasteiger partial charge is 0.332 e. The lowest BCUT2D eigenvalue weighted by Crippen LogP contribution is -2.38. The van der Waals surface area contributed by atoms with Crippen molar-refractivity contribution >= 4 is 17.1 Å². The van der Waals surface area contributed by atoms with Crippen LogP contribution in [-0.2, 0) is 23.6 Å². The molecule has 2 atom stereocenters. The maximum absolute atomic E-state index is 12.3. The summed E-state index contributed by atoms with van der Waals surface area (Å²) < 4.78 is 8.90. The summed E-state index contributed by atoms with van der Waals surface area (Å²) in [6.07, 6.45) is 1.70. The number of cyclic esters (lactones) is 1. The Morgan fingerprint density at radius 2 is 1.95 bits per heavy atom. The number of carbonyl (C=O) groups excluding carboxylic acids is 1. The fraction of sp³-hybridized carbons (Fsp3) is 0.500. The van der Waals surface area contributed by atoms with E-state index in [1.165, 1.54) is 29.6 Å². The van der Waals surface area contributed by atoms with Gasteiger partial charge >= 0.3 is 11.7 Å². The Morgan fingerprint density at radius 1 is 1.25 bits per heavy atom. The molecule has 1 aliphatic heterocycles. The number of aromatic nitrogens is 4. The molecular weight excluding hydrogens is 264 g/mol. The number of hydrogen-bond acceptors (Lipinski definition) is 5. The Bertz CT molecular complexity index is 828. The van der Waals surface area contributed by atoms with Crippen LogP contribution in [-0.4, -0.2) is 30.8 Å². The number of rotatable bonds is 1. The van der Waals surface area contributed by atoms with Crippen LogP contribution < -0.4 is 11.2 Å². The number of fused-ring (bicyclic) bond motifs is 1. The third-order valence-corrected chi connectivity index (χ3v) is 3.65. The standard InChI is InChI=1S/C12H14N4O4/c1-6-4-7(11(18)20-6)16-5-13-9-8(16)10(17)15(3)12(19)14(9)2/h5-7H,4H2,1-3H3/t6-,7-/m1/s1. The molecule has 0 radical (unpaired) electrons. The molecule has 8 heteroatoms. The molecule has 0 aromatic carbocycles. The van der Waals surface area contributed by atoms with Gasteiger partial charge in [0.15, 0.2) is 11.2 Å². The highest BCUT2D eigenvalue weighted by atomic mass is 16.6. The van der Waals surface area contributed by atoms with Crippen molar-refractivity contribution in [3.8, 4) is 0 Å². The monoisotopic (exact) mass is 278 g/mol. The number of aryl methyl sites for hydroxylation is 1.